The van der Waals surface area contributed by atoms with E-state index in [-0.39, 0.29) is 11.6 Å². The zero-order valence-electron chi connectivity index (χ0n) is 14.1. The van der Waals surface area contributed by atoms with Gasteiger partial charge in [0, 0.05) is 12.6 Å². The predicted molar refractivity (Wildman–Crippen MR) is 101 cm³/mol. The molecule has 0 amide bonds. The predicted octanol–water partition coefficient (Wildman–Crippen LogP) is 5.50. The first-order chi connectivity index (χ1) is 12.1. The summed E-state index contributed by atoms with van der Waals surface area (Å²) in [7, 11) is 0. The van der Waals surface area contributed by atoms with Crippen LogP contribution in [0, 0.1) is 11.6 Å². The molecular weight excluding hydrogens is 338 g/mol. The lowest BCUT2D eigenvalue weighted by Gasteiger charge is -2.36. The first kappa shape index (κ1) is 17.8. The maximum Gasteiger partial charge on any atom is 0.174 e. The third kappa shape index (κ3) is 4.75. The number of anilines is 1. The van der Waals surface area contributed by atoms with Crippen molar-refractivity contribution in [1.29, 1.82) is 0 Å². The standard InChI is InChI=1S/C20H22F2N2S/c21-16-12-10-15(11-13-16)14-24(17-6-2-1-3-7-17)20(25)23-19-9-5-4-8-18(19)22/h4-5,8-13,17H,1-3,6-7,14H2,(H,23,25). The molecule has 1 aliphatic carbocycles. The van der Waals surface area contributed by atoms with Crippen molar-refractivity contribution in [2.75, 3.05) is 5.32 Å². The number of benzene rings is 2. The van der Waals surface area contributed by atoms with E-state index in [4.69, 9.17) is 12.2 Å². The second-order valence-corrected chi connectivity index (χ2v) is 6.84. The Morgan fingerprint density at radius 1 is 1.00 bits per heavy atom. The van der Waals surface area contributed by atoms with Crippen LogP contribution in [0.15, 0.2) is 48.5 Å². The summed E-state index contributed by atoms with van der Waals surface area (Å²) in [6.45, 7) is 0.589. The molecule has 2 nitrogen and oxygen atoms in total. The van der Waals surface area contributed by atoms with Gasteiger partial charge in [0.25, 0.3) is 0 Å². The van der Waals surface area contributed by atoms with E-state index in [1.807, 2.05) is 0 Å². The number of thiocarbonyl (C=S) groups is 1. The average molecular weight is 360 g/mol. The van der Waals surface area contributed by atoms with Crippen LogP contribution < -0.4 is 5.32 Å². The number of para-hydroxylation sites is 1. The molecule has 132 valence electrons. The molecule has 5 heteroatoms. The Morgan fingerprint density at radius 3 is 2.36 bits per heavy atom. The van der Waals surface area contributed by atoms with Gasteiger partial charge in [0.05, 0.1) is 5.69 Å². The van der Waals surface area contributed by atoms with Crippen LogP contribution >= 0.6 is 12.2 Å². The van der Waals surface area contributed by atoms with Crippen molar-refractivity contribution in [1.82, 2.24) is 4.90 Å². The number of halogens is 2. The fraction of sp³-hybridized carbons (Fsp3) is 0.350. The van der Waals surface area contributed by atoms with Crippen molar-refractivity contribution in [3.8, 4) is 0 Å². The lowest BCUT2D eigenvalue weighted by atomic mass is 9.94. The van der Waals surface area contributed by atoms with Crippen LogP contribution in [-0.4, -0.2) is 16.1 Å². The minimum Gasteiger partial charge on any atom is -0.342 e. The van der Waals surface area contributed by atoms with Crippen molar-refractivity contribution in [2.24, 2.45) is 0 Å². The summed E-state index contributed by atoms with van der Waals surface area (Å²) >= 11 is 5.60. The number of rotatable bonds is 4. The third-order valence-electron chi connectivity index (χ3n) is 4.66. The Morgan fingerprint density at radius 2 is 1.68 bits per heavy atom. The minimum atomic E-state index is -0.324. The van der Waals surface area contributed by atoms with Gasteiger partial charge < -0.3 is 10.2 Å². The highest BCUT2D eigenvalue weighted by molar-refractivity contribution is 7.80. The number of nitrogens with zero attached hydrogens (tertiary/aromatic N) is 1. The van der Waals surface area contributed by atoms with Gasteiger partial charge in [0.2, 0.25) is 0 Å². The van der Waals surface area contributed by atoms with Crippen molar-refractivity contribution >= 4 is 23.0 Å². The van der Waals surface area contributed by atoms with Gasteiger partial charge in [-0.25, -0.2) is 8.78 Å². The molecule has 0 radical (unpaired) electrons. The van der Waals surface area contributed by atoms with E-state index in [1.165, 1.54) is 37.5 Å². The van der Waals surface area contributed by atoms with Gasteiger partial charge in [-0.15, -0.1) is 0 Å². The molecular formula is C20H22F2N2S. The summed E-state index contributed by atoms with van der Waals surface area (Å²) in [4.78, 5) is 2.12. The summed E-state index contributed by atoms with van der Waals surface area (Å²) in [6, 6.07) is 13.3. The number of nitrogens with one attached hydrogen (secondary N) is 1. The minimum absolute atomic E-state index is 0.250. The topological polar surface area (TPSA) is 15.3 Å². The Hall–Kier alpha value is -2.01. The van der Waals surface area contributed by atoms with E-state index in [1.54, 1.807) is 30.3 Å². The van der Waals surface area contributed by atoms with Gasteiger partial charge in [-0.1, -0.05) is 43.5 Å². The smallest absolute Gasteiger partial charge is 0.174 e. The van der Waals surface area contributed by atoms with Gasteiger partial charge >= 0.3 is 0 Å². The van der Waals surface area contributed by atoms with Crippen LogP contribution in [0.4, 0.5) is 14.5 Å². The molecule has 25 heavy (non-hydrogen) atoms. The van der Waals surface area contributed by atoms with Gasteiger partial charge in [0.15, 0.2) is 5.11 Å². The molecule has 0 bridgehead atoms. The second-order valence-electron chi connectivity index (χ2n) is 6.46. The van der Waals surface area contributed by atoms with Crippen LogP contribution in [0.25, 0.3) is 0 Å². The van der Waals surface area contributed by atoms with Crippen LogP contribution in [0.1, 0.15) is 37.7 Å². The molecule has 1 N–H and O–H groups in total. The molecule has 1 fully saturated rings. The van der Waals surface area contributed by atoms with Crippen LogP contribution in [0.3, 0.4) is 0 Å². The van der Waals surface area contributed by atoms with E-state index >= 15 is 0 Å². The molecule has 0 unspecified atom stereocenters. The molecule has 0 aliphatic heterocycles. The fourth-order valence-corrected chi connectivity index (χ4v) is 3.62. The summed E-state index contributed by atoms with van der Waals surface area (Å²) in [5.41, 5.74) is 1.37. The molecule has 1 aliphatic rings. The van der Waals surface area contributed by atoms with Crippen LogP contribution in [0.5, 0.6) is 0 Å². The van der Waals surface area contributed by atoms with Gasteiger partial charge in [-0.05, 0) is 54.9 Å². The summed E-state index contributed by atoms with van der Waals surface area (Å²) in [5.74, 6) is -0.574. The van der Waals surface area contributed by atoms with E-state index < -0.39 is 0 Å². The molecule has 0 heterocycles. The van der Waals surface area contributed by atoms with Crippen molar-refractivity contribution in [3.63, 3.8) is 0 Å². The molecule has 0 aromatic heterocycles. The highest BCUT2D eigenvalue weighted by atomic mass is 32.1. The average Bonchev–Trinajstić information content (AvgIpc) is 2.64. The molecule has 1 saturated carbocycles. The Labute approximate surface area is 152 Å². The molecule has 0 atom stereocenters. The first-order valence-electron chi connectivity index (χ1n) is 8.70. The fourth-order valence-electron chi connectivity index (χ4n) is 3.30. The Kier molecular flexibility index (Phi) is 5.97. The van der Waals surface area contributed by atoms with Gasteiger partial charge in [-0.2, -0.15) is 0 Å². The normalized spacial score (nSPS) is 15.0. The van der Waals surface area contributed by atoms with Crippen molar-refractivity contribution in [2.45, 2.75) is 44.7 Å². The highest BCUT2D eigenvalue weighted by Crippen LogP contribution is 2.25. The molecule has 0 saturated heterocycles. The Balaban J connectivity index is 1.78. The van der Waals surface area contributed by atoms with E-state index in [9.17, 15) is 8.78 Å². The van der Waals surface area contributed by atoms with Crippen LogP contribution in [-0.2, 0) is 6.54 Å². The SMILES string of the molecule is Fc1ccc(CN(C(=S)Nc2ccccc2F)C2CCCCC2)cc1. The summed E-state index contributed by atoms with van der Waals surface area (Å²) in [5, 5.41) is 3.56. The first-order valence-corrected chi connectivity index (χ1v) is 9.11. The number of hydrogen-bond acceptors (Lipinski definition) is 1. The molecule has 3 rings (SSSR count). The van der Waals surface area contributed by atoms with Crippen molar-refractivity contribution in [3.05, 3.63) is 65.7 Å². The third-order valence-corrected chi connectivity index (χ3v) is 4.99. The van der Waals surface area contributed by atoms with Gasteiger partial charge in [0.1, 0.15) is 11.6 Å². The monoisotopic (exact) mass is 360 g/mol. The summed E-state index contributed by atoms with van der Waals surface area (Å²) in [6.07, 6.45) is 5.73. The summed E-state index contributed by atoms with van der Waals surface area (Å²) < 4.78 is 27.1. The zero-order chi connectivity index (χ0) is 17.6. The van der Waals surface area contributed by atoms with E-state index in [0.29, 0.717) is 23.4 Å². The van der Waals surface area contributed by atoms with Gasteiger partial charge in [-0.3, -0.25) is 0 Å². The zero-order valence-corrected chi connectivity index (χ0v) is 14.9. The van der Waals surface area contributed by atoms with E-state index in [2.05, 4.69) is 10.2 Å². The molecule has 0 spiro atoms. The lowest BCUT2D eigenvalue weighted by molar-refractivity contribution is 0.240. The molecule has 2 aromatic rings. The number of hydrogen-bond donors (Lipinski definition) is 1. The van der Waals surface area contributed by atoms with E-state index in [0.717, 1.165) is 18.4 Å². The molecule has 2 aromatic carbocycles. The second kappa shape index (κ2) is 8.39. The maximum atomic E-state index is 13.9. The lowest BCUT2D eigenvalue weighted by Crippen LogP contribution is -2.43. The quantitative estimate of drug-likeness (QED) is 0.725. The Bertz CT molecular complexity index is 712. The van der Waals surface area contributed by atoms with Crippen LogP contribution in [0.2, 0.25) is 0 Å². The largest absolute Gasteiger partial charge is 0.342 e. The maximum absolute atomic E-state index is 13.9. The highest BCUT2D eigenvalue weighted by Gasteiger charge is 2.24. The van der Waals surface area contributed by atoms with Crippen molar-refractivity contribution < 1.29 is 8.78 Å².